The first kappa shape index (κ1) is 39.8. The minimum absolute atomic E-state index is 0.0967. The molecule has 3 fully saturated rings. The van der Waals surface area contributed by atoms with Crippen LogP contribution in [-0.2, 0) is 41.7 Å². The van der Waals surface area contributed by atoms with E-state index in [0.717, 1.165) is 0 Å². The second kappa shape index (κ2) is 13.9. The van der Waals surface area contributed by atoms with Crippen molar-refractivity contribution in [2.45, 2.75) is 138 Å². The van der Waals surface area contributed by atoms with Gasteiger partial charge in [0.2, 0.25) is 21.8 Å². The van der Waals surface area contributed by atoms with E-state index in [1.165, 1.54) is 17.9 Å². The number of alkyl halides is 3. The van der Waals surface area contributed by atoms with Crippen molar-refractivity contribution >= 4 is 44.7 Å². The number of carbonyl (C=O) groups excluding carboxylic acids is 4. The maximum Gasteiger partial charge on any atom is 0.437 e. The molecule has 7 rings (SSSR count). The zero-order chi connectivity index (χ0) is 40.5. The Kier molecular flexibility index (Phi) is 9.88. The lowest BCUT2D eigenvalue weighted by Gasteiger charge is -2.37. The third kappa shape index (κ3) is 7.67. The molecule has 5 aliphatic rings. The maximum absolute atomic E-state index is 14.7. The van der Waals surface area contributed by atoms with Crippen LogP contribution in [0, 0.1) is 5.92 Å². The van der Waals surface area contributed by atoms with Gasteiger partial charge in [-0.1, -0.05) is 43.2 Å². The topological polar surface area (TPSA) is 173 Å². The number of nitrogens with one attached hydrogen (secondary N) is 3. The van der Waals surface area contributed by atoms with E-state index in [4.69, 9.17) is 9.47 Å². The highest BCUT2D eigenvalue weighted by Crippen LogP contribution is 2.50. The predicted octanol–water partition coefficient (Wildman–Crippen LogP) is 5.21. The van der Waals surface area contributed by atoms with Crippen molar-refractivity contribution < 1.29 is 50.2 Å². The zero-order valence-corrected chi connectivity index (χ0v) is 32.7. The Bertz CT molecular complexity index is 2100. The van der Waals surface area contributed by atoms with Gasteiger partial charge >= 0.3 is 12.3 Å². The van der Waals surface area contributed by atoms with Crippen LogP contribution in [0.5, 0.6) is 5.75 Å². The van der Waals surface area contributed by atoms with E-state index in [-0.39, 0.29) is 44.2 Å². The van der Waals surface area contributed by atoms with Crippen molar-refractivity contribution in [2.24, 2.45) is 5.92 Å². The first-order valence-electron chi connectivity index (χ1n) is 19.2. The van der Waals surface area contributed by atoms with Crippen molar-refractivity contribution in [1.82, 2.24) is 25.2 Å². The van der Waals surface area contributed by atoms with E-state index >= 15 is 0 Å². The average Bonchev–Trinajstić information content (AvgIpc) is 4.00. The molecule has 5 atom stereocenters. The third-order valence-corrected chi connectivity index (χ3v) is 13.8. The van der Waals surface area contributed by atoms with Crippen molar-refractivity contribution in [3.8, 4) is 5.75 Å². The second-order valence-corrected chi connectivity index (χ2v) is 19.4. The van der Waals surface area contributed by atoms with Crippen LogP contribution in [0.4, 0.5) is 18.0 Å². The van der Waals surface area contributed by atoms with E-state index in [2.05, 4.69) is 20.3 Å². The molecule has 4 heterocycles. The highest BCUT2D eigenvalue weighted by molar-refractivity contribution is 7.91. The highest BCUT2D eigenvalue weighted by atomic mass is 32.2. The lowest BCUT2D eigenvalue weighted by atomic mass is 9.87. The Labute approximate surface area is 323 Å². The fourth-order valence-electron chi connectivity index (χ4n) is 8.12. The lowest BCUT2D eigenvalue weighted by molar-refractivity contribution is -0.144. The molecule has 1 aromatic heterocycles. The molecule has 1 saturated heterocycles. The van der Waals surface area contributed by atoms with Crippen molar-refractivity contribution in [3.63, 3.8) is 0 Å². The van der Waals surface area contributed by atoms with E-state index in [9.17, 15) is 40.8 Å². The quantitative estimate of drug-likeness (QED) is 0.351. The molecule has 17 heteroatoms. The van der Waals surface area contributed by atoms with Gasteiger partial charge in [0, 0.05) is 23.3 Å². The summed E-state index contributed by atoms with van der Waals surface area (Å²) >= 11 is 0. The van der Waals surface area contributed by atoms with Gasteiger partial charge in [-0.3, -0.25) is 19.1 Å². The minimum Gasteiger partial charge on any atom is -0.483 e. The van der Waals surface area contributed by atoms with Crippen LogP contribution >= 0.6 is 0 Å². The van der Waals surface area contributed by atoms with Crippen LogP contribution in [0.2, 0.25) is 0 Å². The van der Waals surface area contributed by atoms with E-state index in [1.807, 2.05) is 6.08 Å². The number of carbonyl (C=O) groups is 4. The molecular weight excluding hydrogens is 756 g/mol. The lowest BCUT2D eigenvalue weighted by Crippen LogP contribution is -2.58. The number of benzene rings is 1. The summed E-state index contributed by atoms with van der Waals surface area (Å²) in [5, 5.41) is 5.94. The van der Waals surface area contributed by atoms with E-state index < -0.39 is 90.9 Å². The molecule has 3 N–H and O–H groups in total. The Morgan fingerprint density at radius 3 is 2.48 bits per heavy atom. The van der Waals surface area contributed by atoms with Crippen LogP contribution in [0.3, 0.4) is 0 Å². The van der Waals surface area contributed by atoms with Crippen molar-refractivity contribution in [3.05, 3.63) is 47.7 Å². The molecule has 0 radical (unpaired) electrons. The summed E-state index contributed by atoms with van der Waals surface area (Å²) in [4.78, 5) is 61.3. The number of ether oxygens (including phenoxy) is 2. The summed E-state index contributed by atoms with van der Waals surface area (Å²) in [5.41, 5.74) is -4.79. The number of aromatic nitrogens is 1. The first-order chi connectivity index (χ1) is 26.2. The molecule has 1 aromatic carbocycles. The molecule has 2 saturated carbocycles. The van der Waals surface area contributed by atoms with Gasteiger partial charge in [0.1, 0.15) is 28.8 Å². The highest BCUT2D eigenvalue weighted by Gasteiger charge is 2.64. The van der Waals surface area contributed by atoms with Gasteiger partial charge in [-0.25, -0.2) is 18.2 Å². The number of para-hydroxylation sites is 1. The van der Waals surface area contributed by atoms with Crippen molar-refractivity contribution in [2.75, 3.05) is 6.54 Å². The van der Waals surface area contributed by atoms with Gasteiger partial charge in [0.05, 0.1) is 16.8 Å². The Hall–Kier alpha value is -4.41. The van der Waals surface area contributed by atoms with Crippen molar-refractivity contribution in [1.29, 1.82) is 0 Å². The van der Waals surface area contributed by atoms with Crippen LogP contribution in [0.15, 0.2) is 36.4 Å². The summed E-state index contributed by atoms with van der Waals surface area (Å²) in [6, 6.07) is 3.91. The molecular formula is C39H48F3N5O8S. The Balaban J connectivity index is 1.26. The zero-order valence-electron chi connectivity index (χ0n) is 31.9. The fourth-order valence-corrected chi connectivity index (χ4v) is 9.44. The largest absolute Gasteiger partial charge is 0.483 e. The molecule has 13 nitrogen and oxygen atoms in total. The number of halogens is 3. The average molecular weight is 804 g/mol. The maximum atomic E-state index is 14.7. The molecule has 4 amide bonds. The summed E-state index contributed by atoms with van der Waals surface area (Å²) in [6.07, 6.45) is 1.47. The number of nitrogens with zero attached hydrogens (tertiary/aromatic N) is 2. The van der Waals surface area contributed by atoms with Crippen LogP contribution in [0.25, 0.3) is 10.9 Å². The number of hydrogen-bond acceptors (Lipinski definition) is 9. The number of allylic oxidation sites excluding steroid dienone is 1. The second-order valence-electron chi connectivity index (χ2n) is 17.2. The van der Waals surface area contributed by atoms with Gasteiger partial charge in [0.25, 0.3) is 5.91 Å². The monoisotopic (exact) mass is 803 g/mol. The molecule has 2 aromatic rings. The van der Waals surface area contributed by atoms with E-state index in [1.54, 1.807) is 45.0 Å². The Morgan fingerprint density at radius 1 is 1.05 bits per heavy atom. The smallest absolute Gasteiger partial charge is 0.437 e. The standard InChI is InChI=1S/C39H48F3N5O8S/c1-35(2,3)55-34(51)44-27-15-9-7-5-6-8-12-23-20-38(23,33(50)46-56(52,53)36(4)18-19-36)45-31(48)28-21-37(22-47(28)32(27)49)17-16-25-24-13-10-11-14-26(24)43-30(29(25)54-37)39(40,41)42/h8,10-14,23,27-28H,5-7,9,15-22H2,1-4H3,(H,44,51)(H,45,48)(H,46,50)/b12-8-/t23-,27?,28-,37+,38+/m0/s1. The molecule has 1 spiro atoms. The number of amides is 4. The van der Waals surface area contributed by atoms with Gasteiger partial charge in [0.15, 0.2) is 11.4 Å². The van der Waals surface area contributed by atoms with Gasteiger partial charge in [-0.15, -0.1) is 0 Å². The normalized spacial score (nSPS) is 29.7. The first-order valence-corrected chi connectivity index (χ1v) is 20.7. The summed E-state index contributed by atoms with van der Waals surface area (Å²) in [5.74, 6) is -3.39. The number of aryl methyl sites for hydroxylation is 1. The van der Waals surface area contributed by atoms with Crippen LogP contribution in [0.1, 0.15) is 103 Å². The predicted molar refractivity (Wildman–Crippen MR) is 198 cm³/mol. The summed E-state index contributed by atoms with van der Waals surface area (Å²) in [7, 11) is -4.08. The van der Waals surface area contributed by atoms with Crippen LogP contribution < -0.4 is 20.1 Å². The molecule has 1 unspecified atom stereocenters. The third-order valence-electron chi connectivity index (χ3n) is 11.7. The molecule has 304 valence electrons. The number of sulfonamides is 1. The molecule has 2 aliphatic carbocycles. The summed E-state index contributed by atoms with van der Waals surface area (Å²) < 4.78 is 83.1. The molecule has 0 bridgehead atoms. The summed E-state index contributed by atoms with van der Waals surface area (Å²) in [6.45, 7) is 6.23. The Morgan fingerprint density at radius 2 is 1.79 bits per heavy atom. The van der Waals surface area contributed by atoms with Gasteiger partial charge < -0.3 is 25.0 Å². The van der Waals surface area contributed by atoms with Gasteiger partial charge in [-0.2, -0.15) is 13.2 Å². The van der Waals surface area contributed by atoms with E-state index in [0.29, 0.717) is 49.5 Å². The number of pyridine rings is 1. The number of hydrogen-bond donors (Lipinski definition) is 3. The molecule has 56 heavy (non-hydrogen) atoms. The minimum atomic E-state index is -4.89. The number of fused-ring (bicyclic) bond motifs is 5. The number of alkyl carbamates (subject to hydrolysis) is 1. The molecule has 3 aliphatic heterocycles. The fraction of sp³-hybridized carbons (Fsp3) is 0.615. The van der Waals surface area contributed by atoms with Crippen LogP contribution in [-0.4, -0.2) is 82.2 Å². The van der Waals surface area contributed by atoms with Gasteiger partial charge in [-0.05, 0) is 85.1 Å². The number of rotatable bonds is 4. The SMILES string of the molecule is CC(C)(C)OC(=O)NC1CCCCC/C=C\[C@H]2C[C@@]2(C(=O)NS(=O)(=O)C2(C)CC2)NC(=O)[C@@H]2C[C@]3(CCc4c(c(C(F)(F)F)nc5ccccc45)O3)CN2C1=O.